The van der Waals surface area contributed by atoms with E-state index in [9.17, 15) is 8.42 Å². The van der Waals surface area contributed by atoms with E-state index in [2.05, 4.69) is 4.72 Å². The smallest absolute Gasteiger partial charge is 0.261 e. The molecule has 2 rings (SSSR count). The van der Waals surface area contributed by atoms with Crippen LogP contribution in [-0.4, -0.2) is 15.0 Å². The van der Waals surface area contributed by atoms with Gasteiger partial charge in [-0.3, -0.25) is 4.72 Å². The molecule has 0 fully saturated rings. The van der Waals surface area contributed by atoms with Gasteiger partial charge in [0, 0.05) is 15.7 Å². The molecule has 0 bridgehead atoms. The molecule has 0 heterocycles. The highest BCUT2D eigenvalue weighted by molar-refractivity contribution is 7.92. The summed E-state index contributed by atoms with van der Waals surface area (Å²) in [6.45, 7) is 2.42. The maximum absolute atomic E-state index is 12.3. The first-order valence-electron chi connectivity index (χ1n) is 6.12. The van der Waals surface area contributed by atoms with Gasteiger partial charge < -0.3 is 4.74 Å². The summed E-state index contributed by atoms with van der Waals surface area (Å²) in [4.78, 5) is 0.00823. The molecule has 0 aliphatic heterocycles. The van der Waals surface area contributed by atoms with Gasteiger partial charge in [0.1, 0.15) is 5.75 Å². The van der Waals surface area contributed by atoms with E-state index in [0.29, 0.717) is 18.0 Å². The summed E-state index contributed by atoms with van der Waals surface area (Å²) in [5, 5.41) is 0.518. The highest BCUT2D eigenvalue weighted by Crippen LogP contribution is 2.24. The van der Waals surface area contributed by atoms with Gasteiger partial charge in [-0.05, 0) is 49.4 Å². The molecule has 0 saturated heterocycles. The van der Waals surface area contributed by atoms with Crippen LogP contribution in [0.2, 0.25) is 10.0 Å². The minimum Gasteiger partial charge on any atom is -0.494 e. The number of ether oxygens (including phenoxy) is 1. The quantitative estimate of drug-likeness (QED) is 0.883. The Labute approximate surface area is 133 Å². The molecule has 0 amide bonds. The van der Waals surface area contributed by atoms with Crippen molar-refractivity contribution in [1.29, 1.82) is 0 Å². The van der Waals surface area contributed by atoms with Crippen LogP contribution in [0.15, 0.2) is 47.4 Å². The number of halogens is 2. The predicted molar refractivity (Wildman–Crippen MR) is 84.9 cm³/mol. The predicted octanol–water partition coefficient (Wildman–Crippen LogP) is 4.19. The summed E-state index contributed by atoms with van der Waals surface area (Å²) in [5.74, 6) is 0.672. The molecule has 0 atom stereocenters. The van der Waals surface area contributed by atoms with E-state index in [0.717, 1.165) is 0 Å². The van der Waals surface area contributed by atoms with Crippen molar-refractivity contribution in [2.45, 2.75) is 11.8 Å². The van der Waals surface area contributed by atoms with E-state index in [1.54, 1.807) is 24.3 Å². The van der Waals surface area contributed by atoms with Gasteiger partial charge in [-0.2, -0.15) is 0 Å². The van der Waals surface area contributed by atoms with Gasteiger partial charge in [-0.1, -0.05) is 23.2 Å². The first-order valence-corrected chi connectivity index (χ1v) is 8.36. The molecule has 7 heteroatoms. The number of anilines is 1. The Balaban J connectivity index is 2.24. The second-order valence-corrected chi connectivity index (χ2v) is 6.72. The normalized spacial score (nSPS) is 11.2. The summed E-state index contributed by atoms with van der Waals surface area (Å²) >= 11 is 11.6. The molecule has 0 spiro atoms. The van der Waals surface area contributed by atoms with Crippen LogP contribution in [0.1, 0.15) is 6.92 Å². The number of rotatable bonds is 5. The van der Waals surface area contributed by atoms with Crippen LogP contribution < -0.4 is 9.46 Å². The van der Waals surface area contributed by atoms with Crippen molar-refractivity contribution in [2.24, 2.45) is 0 Å². The largest absolute Gasteiger partial charge is 0.494 e. The first-order chi connectivity index (χ1) is 9.90. The molecule has 21 heavy (non-hydrogen) atoms. The summed E-state index contributed by atoms with van der Waals surface area (Å²) in [5.41, 5.74) is 0.426. The van der Waals surface area contributed by atoms with Crippen LogP contribution >= 0.6 is 23.2 Å². The van der Waals surface area contributed by atoms with Crippen molar-refractivity contribution >= 4 is 38.9 Å². The second kappa shape index (κ2) is 6.56. The van der Waals surface area contributed by atoms with Crippen molar-refractivity contribution in [1.82, 2.24) is 0 Å². The lowest BCUT2D eigenvalue weighted by Gasteiger charge is -2.10. The van der Waals surface area contributed by atoms with Crippen LogP contribution in [0.3, 0.4) is 0 Å². The van der Waals surface area contributed by atoms with Crippen LogP contribution in [0, 0.1) is 0 Å². The number of hydrogen-bond donors (Lipinski definition) is 1. The van der Waals surface area contributed by atoms with E-state index in [-0.39, 0.29) is 14.9 Å². The second-order valence-electron chi connectivity index (χ2n) is 4.17. The minimum atomic E-state index is -3.74. The zero-order valence-electron chi connectivity index (χ0n) is 11.1. The molecule has 112 valence electrons. The van der Waals surface area contributed by atoms with E-state index in [4.69, 9.17) is 27.9 Å². The standard InChI is InChI=1S/C14H13Cl2NO3S/c1-2-20-13-5-3-12(4-6-13)17-21(18,19)14-8-10(15)7-11(16)9-14/h3-9,17H,2H2,1H3. The average molecular weight is 346 g/mol. The zero-order valence-corrected chi connectivity index (χ0v) is 13.5. The number of sulfonamides is 1. The van der Waals surface area contributed by atoms with Crippen molar-refractivity contribution in [3.05, 3.63) is 52.5 Å². The summed E-state index contributed by atoms with van der Waals surface area (Å²) in [7, 11) is -3.74. The van der Waals surface area contributed by atoms with Crippen molar-refractivity contribution in [3.8, 4) is 5.75 Å². The minimum absolute atomic E-state index is 0.00823. The Bertz CT molecular complexity index is 710. The van der Waals surface area contributed by atoms with E-state index in [1.165, 1.54) is 18.2 Å². The van der Waals surface area contributed by atoms with Gasteiger partial charge >= 0.3 is 0 Å². The van der Waals surface area contributed by atoms with Crippen molar-refractivity contribution < 1.29 is 13.2 Å². The lowest BCUT2D eigenvalue weighted by molar-refractivity contribution is 0.340. The SMILES string of the molecule is CCOc1ccc(NS(=O)(=O)c2cc(Cl)cc(Cl)c2)cc1. The van der Waals surface area contributed by atoms with E-state index in [1.807, 2.05) is 6.92 Å². The monoisotopic (exact) mass is 345 g/mol. The molecular weight excluding hydrogens is 333 g/mol. The Kier molecular flexibility index (Phi) is 4.98. The fraction of sp³-hybridized carbons (Fsp3) is 0.143. The Morgan fingerprint density at radius 2 is 1.62 bits per heavy atom. The van der Waals surface area contributed by atoms with E-state index >= 15 is 0 Å². The highest BCUT2D eigenvalue weighted by Gasteiger charge is 2.15. The molecule has 2 aromatic rings. The molecule has 0 unspecified atom stereocenters. The van der Waals surface area contributed by atoms with Gasteiger partial charge in [-0.25, -0.2) is 8.42 Å². The summed E-state index contributed by atoms with van der Waals surface area (Å²) < 4.78 is 32.3. The van der Waals surface area contributed by atoms with Gasteiger partial charge in [0.05, 0.1) is 11.5 Å². The van der Waals surface area contributed by atoms with Crippen LogP contribution in [0.25, 0.3) is 0 Å². The third-order valence-electron chi connectivity index (χ3n) is 2.56. The average Bonchev–Trinajstić information content (AvgIpc) is 2.40. The molecule has 0 radical (unpaired) electrons. The van der Waals surface area contributed by atoms with Gasteiger partial charge in [-0.15, -0.1) is 0 Å². The zero-order chi connectivity index (χ0) is 15.5. The molecule has 0 aliphatic rings. The van der Waals surface area contributed by atoms with Crippen LogP contribution in [-0.2, 0) is 10.0 Å². The molecule has 0 aliphatic carbocycles. The maximum Gasteiger partial charge on any atom is 0.261 e. The summed E-state index contributed by atoms with van der Waals surface area (Å²) in [6, 6.07) is 10.8. The molecule has 0 saturated carbocycles. The van der Waals surface area contributed by atoms with Crippen LogP contribution in [0.5, 0.6) is 5.75 Å². The van der Waals surface area contributed by atoms with Crippen LogP contribution in [0.4, 0.5) is 5.69 Å². The van der Waals surface area contributed by atoms with Crippen molar-refractivity contribution in [3.63, 3.8) is 0 Å². The number of hydrogen-bond acceptors (Lipinski definition) is 3. The first kappa shape index (κ1) is 15.9. The Hall–Kier alpha value is -1.43. The Morgan fingerprint density at radius 1 is 1.05 bits per heavy atom. The third-order valence-corrected chi connectivity index (χ3v) is 4.36. The van der Waals surface area contributed by atoms with E-state index < -0.39 is 10.0 Å². The fourth-order valence-corrected chi connectivity index (χ4v) is 3.47. The fourth-order valence-electron chi connectivity index (χ4n) is 1.68. The lowest BCUT2D eigenvalue weighted by atomic mass is 10.3. The number of benzene rings is 2. The molecule has 0 aromatic heterocycles. The van der Waals surface area contributed by atoms with Gasteiger partial charge in [0.2, 0.25) is 0 Å². The third kappa shape index (κ3) is 4.27. The lowest BCUT2D eigenvalue weighted by Crippen LogP contribution is -2.12. The molecule has 2 aromatic carbocycles. The van der Waals surface area contributed by atoms with Crippen molar-refractivity contribution in [2.75, 3.05) is 11.3 Å². The number of nitrogens with one attached hydrogen (secondary N) is 1. The molecular formula is C14H13Cl2NO3S. The topological polar surface area (TPSA) is 55.4 Å². The molecule has 4 nitrogen and oxygen atoms in total. The van der Waals surface area contributed by atoms with Gasteiger partial charge in [0.25, 0.3) is 10.0 Å². The van der Waals surface area contributed by atoms with Gasteiger partial charge in [0.15, 0.2) is 0 Å². The molecule has 1 N–H and O–H groups in total. The summed E-state index contributed by atoms with van der Waals surface area (Å²) in [6.07, 6.45) is 0. The maximum atomic E-state index is 12.3. The Morgan fingerprint density at radius 3 is 2.14 bits per heavy atom. The highest BCUT2D eigenvalue weighted by atomic mass is 35.5.